The Bertz CT molecular complexity index is 456. The molecule has 90 valence electrons. The molecule has 0 aliphatic rings. The minimum absolute atomic E-state index is 0.130. The predicted octanol–water partition coefficient (Wildman–Crippen LogP) is 3.00. The van der Waals surface area contributed by atoms with E-state index in [-0.39, 0.29) is 11.9 Å². The average molecular weight is 250 g/mol. The first kappa shape index (κ1) is 12.2. The van der Waals surface area contributed by atoms with Gasteiger partial charge in [-0.15, -0.1) is 11.3 Å². The Morgan fingerprint density at radius 3 is 2.94 bits per heavy atom. The predicted molar refractivity (Wildman–Crippen MR) is 68.5 cm³/mol. The van der Waals surface area contributed by atoms with E-state index < -0.39 is 0 Å². The van der Waals surface area contributed by atoms with Crippen molar-refractivity contribution in [3.63, 3.8) is 0 Å². The van der Waals surface area contributed by atoms with Crippen LogP contribution in [0.15, 0.2) is 35.2 Å². The summed E-state index contributed by atoms with van der Waals surface area (Å²) in [5, 5.41) is 5.35. The average Bonchev–Trinajstić information content (AvgIpc) is 2.82. The number of rotatable bonds is 5. The van der Waals surface area contributed by atoms with E-state index >= 15 is 0 Å². The van der Waals surface area contributed by atoms with Crippen molar-refractivity contribution in [2.75, 3.05) is 0 Å². The Hall–Kier alpha value is -1.26. The number of hydrogen-bond acceptors (Lipinski definition) is 3. The van der Waals surface area contributed by atoms with E-state index in [1.165, 1.54) is 6.07 Å². The van der Waals surface area contributed by atoms with E-state index in [1.807, 2.05) is 23.0 Å². The van der Waals surface area contributed by atoms with Crippen LogP contribution in [0.2, 0.25) is 0 Å². The van der Waals surface area contributed by atoms with Crippen LogP contribution in [-0.2, 0) is 13.0 Å². The van der Waals surface area contributed by atoms with Crippen molar-refractivity contribution in [1.29, 1.82) is 0 Å². The number of halogens is 1. The number of aromatic nitrogens is 1. The third-order valence-corrected chi connectivity index (χ3v) is 3.23. The highest BCUT2D eigenvalue weighted by Gasteiger charge is 2.07. The minimum atomic E-state index is -0.130. The third kappa shape index (κ3) is 3.61. The summed E-state index contributed by atoms with van der Waals surface area (Å²) in [6.45, 7) is 2.79. The highest BCUT2D eigenvalue weighted by molar-refractivity contribution is 7.07. The fourth-order valence-corrected chi connectivity index (χ4v) is 2.23. The molecule has 2 rings (SSSR count). The van der Waals surface area contributed by atoms with Crippen LogP contribution in [0.3, 0.4) is 0 Å². The molecule has 1 atom stereocenters. The van der Waals surface area contributed by atoms with Gasteiger partial charge in [0, 0.05) is 18.0 Å². The van der Waals surface area contributed by atoms with Gasteiger partial charge in [0.2, 0.25) is 0 Å². The summed E-state index contributed by atoms with van der Waals surface area (Å²) >= 11 is 1.59. The smallest absolute Gasteiger partial charge is 0.126 e. The number of hydrogen-bond donors (Lipinski definition) is 1. The maximum Gasteiger partial charge on any atom is 0.126 e. The van der Waals surface area contributed by atoms with Crippen molar-refractivity contribution in [2.24, 2.45) is 0 Å². The Morgan fingerprint density at radius 1 is 1.41 bits per heavy atom. The van der Waals surface area contributed by atoms with Gasteiger partial charge in [-0.3, -0.25) is 0 Å². The molecule has 0 spiro atoms. The monoisotopic (exact) mass is 250 g/mol. The summed E-state index contributed by atoms with van der Waals surface area (Å²) in [4.78, 5) is 4.19. The molecule has 0 saturated heterocycles. The summed E-state index contributed by atoms with van der Waals surface area (Å²) in [5.74, 6) is -0.130. The molecule has 0 aliphatic heterocycles. The Kier molecular flexibility index (Phi) is 4.23. The number of benzene rings is 1. The first-order chi connectivity index (χ1) is 8.25. The van der Waals surface area contributed by atoms with Crippen molar-refractivity contribution >= 4 is 11.3 Å². The Balaban J connectivity index is 1.85. The maximum atomic E-state index is 13.4. The van der Waals surface area contributed by atoms with Crippen LogP contribution in [0.4, 0.5) is 4.39 Å². The number of nitrogens with zero attached hydrogens (tertiary/aromatic N) is 1. The summed E-state index contributed by atoms with van der Waals surface area (Å²) in [6, 6.07) is 7.14. The van der Waals surface area contributed by atoms with Crippen LogP contribution in [0, 0.1) is 5.82 Å². The third-order valence-electron chi connectivity index (χ3n) is 2.60. The number of nitrogens with one attached hydrogen (secondary N) is 1. The van der Waals surface area contributed by atoms with Crippen LogP contribution in [0.25, 0.3) is 0 Å². The van der Waals surface area contributed by atoms with Gasteiger partial charge in [0.1, 0.15) is 5.82 Å². The SMILES string of the molecule is CC(Cc1ccccc1F)NCc1cscn1. The second-order valence-corrected chi connectivity index (χ2v) is 4.78. The zero-order chi connectivity index (χ0) is 12.1. The zero-order valence-corrected chi connectivity index (χ0v) is 10.5. The molecule has 0 amide bonds. The van der Waals surface area contributed by atoms with E-state index in [1.54, 1.807) is 17.4 Å². The van der Waals surface area contributed by atoms with E-state index in [2.05, 4.69) is 17.2 Å². The molecule has 17 heavy (non-hydrogen) atoms. The normalized spacial score (nSPS) is 12.6. The molecule has 1 aromatic carbocycles. The van der Waals surface area contributed by atoms with Crippen molar-refractivity contribution in [3.8, 4) is 0 Å². The van der Waals surface area contributed by atoms with Gasteiger partial charge in [-0.2, -0.15) is 0 Å². The van der Waals surface area contributed by atoms with Crippen molar-refractivity contribution in [2.45, 2.75) is 25.9 Å². The second-order valence-electron chi connectivity index (χ2n) is 4.06. The molecule has 4 heteroatoms. The van der Waals surface area contributed by atoms with E-state index in [9.17, 15) is 4.39 Å². The maximum absolute atomic E-state index is 13.4. The lowest BCUT2D eigenvalue weighted by molar-refractivity contribution is 0.523. The van der Waals surface area contributed by atoms with Gasteiger partial charge in [0.25, 0.3) is 0 Å². The molecule has 0 bridgehead atoms. The van der Waals surface area contributed by atoms with Gasteiger partial charge in [-0.1, -0.05) is 18.2 Å². The number of thiazole rings is 1. The molecular weight excluding hydrogens is 235 g/mol. The fourth-order valence-electron chi connectivity index (χ4n) is 1.67. The summed E-state index contributed by atoms with van der Waals surface area (Å²) in [6.07, 6.45) is 0.691. The van der Waals surface area contributed by atoms with Crippen molar-refractivity contribution in [1.82, 2.24) is 10.3 Å². The largest absolute Gasteiger partial charge is 0.308 e. The summed E-state index contributed by atoms with van der Waals surface area (Å²) in [5.41, 5.74) is 3.61. The van der Waals surface area contributed by atoms with Crippen molar-refractivity contribution < 1.29 is 4.39 Å². The summed E-state index contributed by atoms with van der Waals surface area (Å²) in [7, 11) is 0. The lowest BCUT2D eigenvalue weighted by Crippen LogP contribution is -2.28. The van der Waals surface area contributed by atoms with Gasteiger partial charge in [-0.05, 0) is 25.0 Å². The van der Waals surface area contributed by atoms with Crippen LogP contribution in [0.5, 0.6) is 0 Å². The topological polar surface area (TPSA) is 24.9 Å². The van der Waals surface area contributed by atoms with Crippen LogP contribution in [0.1, 0.15) is 18.2 Å². The first-order valence-corrected chi connectivity index (χ1v) is 6.54. The van der Waals surface area contributed by atoms with Gasteiger partial charge in [0.05, 0.1) is 11.2 Å². The van der Waals surface area contributed by atoms with Gasteiger partial charge in [0.15, 0.2) is 0 Å². The molecular formula is C13H15FN2S. The minimum Gasteiger partial charge on any atom is -0.308 e. The second kappa shape index (κ2) is 5.89. The van der Waals surface area contributed by atoms with Crippen molar-refractivity contribution in [3.05, 3.63) is 52.2 Å². The van der Waals surface area contributed by atoms with Gasteiger partial charge >= 0.3 is 0 Å². The van der Waals surface area contributed by atoms with E-state index in [4.69, 9.17) is 0 Å². The van der Waals surface area contributed by atoms with E-state index in [0.717, 1.165) is 17.8 Å². The first-order valence-electron chi connectivity index (χ1n) is 5.59. The quantitative estimate of drug-likeness (QED) is 0.882. The molecule has 1 aromatic heterocycles. The highest BCUT2D eigenvalue weighted by atomic mass is 32.1. The standard InChI is InChI=1S/C13H15FN2S/c1-10(15-7-12-8-17-9-16-12)6-11-4-2-3-5-13(11)14/h2-5,8-10,15H,6-7H2,1H3. The summed E-state index contributed by atoms with van der Waals surface area (Å²) < 4.78 is 13.4. The highest BCUT2D eigenvalue weighted by Crippen LogP contribution is 2.09. The lowest BCUT2D eigenvalue weighted by atomic mass is 10.1. The lowest BCUT2D eigenvalue weighted by Gasteiger charge is -2.13. The Morgan fingerprint density at radius 2 is 2.24 bits per heavy atom. The van der Waals surface area contributed by atoms with Gasteiger partial charge in [-0.25, -0.2) is 9.37 Å². The van der Waals surface area contributed by atoms with Crippen LogP contribution in [-0.4, -0.2) is 11.0 Å². The molecule has 1 N–H and O–H groups in total. The molecule has 2 nitrogen and oxygen atoms in total. The molecule has 2 aromatic rings. The molecule has 0 fully saturated rings. The molecule has 0 radical (unpaired) electrons. The molecule has 1 unspecified atom stereocenters. The molecule has 1 heterocycles. The zero-order valence-electron chi connectivity index (χ0n) is 9.69. The van der Waals surface area contributed by atoms with Crippen LogP contribution < -0.4 is 5.32 Å². The molecule has 0 aliphatic carbocycles. The van der Waals surface area contributed by atoms with E-state index in [0.29, 0.717) is 6.42 Å². The fraction of sp³-hybridized carbons (Fsp3) is 0.308. The van der Waals surface area contributed by atoms with Gasteiger partial charge < -0.3 is 5.32 Å². The Labute approximate surface area is 105 Å². The van der Waals surface area contributed by atoms with Crippen LogP contribution >= 0.6 is 11.3 Å². The molecule has 0 saturated carbocycles.